The Morgan fingerprint density at radius 1 is 1.40 bits per heavy atom. The molecule has 106 valence electrons. The molecule has 1 aromatic carbocycles. The van der Waals surface area contributed by atoms with Crippen molar-refractivity contribution in [2.24, 2.45) is 5.73 Å². The normalized spacial score (nSPS) is 15.6. The summed E-state index contributed by atoms with van der Waals surface area (Å²) in [6, 6.07) is 4.22. The molecule has 1 aliphatic heterocycles. The number of benzene rings is 1. The molecule has 0 saturated carbocycles. The number of amides is 1. The summed E-state index contributed by atoms with van der Waals surface area (Å²) in [7, 11) is -0.844. The van der Waals surface area contributed by atoms with Gasteiger partial charge in [0, 0.05) is 41.0 Å². The van der Waals surface area contributed by atoms with Gasteiger partial charge in [-0.3, -0.25) is 9.00 Å². The van der Waals surface area contributed by atoms with E-state index in [1.54, 1.807) is 11.0 Å². The molecule has 1 aromatic rings. The number of hydrogen-bond acceptors (Lipinski definition) is 3. The van der Waals surface area contributed by atoms with Gasteiger partial charge in [0.05, 0.1) is 12.1 Å². The quantitative estimate of drug-likeness (QED) is 0.760. The monoisotopic (exact) mass is 294 g/mol. The van der Waals surface area contributed by atoms with Crippen LogP contribution in [0.4, 0.5) is 4.39 Å². The molecule has 1 saturated heterocycles. The lowest BCUT2D eigenvalue weighted by atomic mass is 10.1. The van der Waals surface area contributed by atoms with Gasteiger partial charge in [-0.1, -0.05) is 11.8 Å². The molecule has 0 spiro atoms. The third-order valence-electron chi connectivity index (χ3n) is 3.01. The SMILES string of the molecule is NCC#Cc1ccc(C(=O)N2CCS(=O)CC2)cc1F. The van der Waals surface area contributed by atoms with Crippen LogP contribution in [0, 0.1) is 17.7 Å². The van der Waals surface area contributed by atoms with Gasteiger partial charge in [0.2, 0.25) is 0 Å². The van der Waals surface area contributed by atoms with Gasteiger partial charge in [-0.25, -0.2) is 4.39 Å². The van der Waals surface area contributed by atoms with Gasteiger partial charge in [-0.15, -0.1) is 0 Å². The molecule has 6 heteroatoms. The minimum atomic E-state index is -0.844. The molecule has 1 fully saturated rings. The first-order chi connectivity index (χ1) is 9.61. The fourth-order valence-corrected chi connectivity index (χ4v) is 2.97. The van der Waals surface area contributed by atoms with Gasteiger partial charge in [-0.2, -0.15) is 0 Å². The Balaban J connectivity index is 2.15. The lowest BCUT2D eigenvalue weighted by Crippen LogP contribution is -2.41. The summed E-state index contributed by atoms with van der Waals surface area (Å²) in [5, 5.41) is 0. The van der Waals surface area contributed by atoms with Crippen molar-refractivity contribution in [1.29, 1.82) is 0 Å². The Kier molecular flexibility index (Phi) is 4.88. The maximum Gasteiger partial charge on any atom is 0.254 e. The molecule has 2 N–H and O–H groups in total. The highest BCUT2D eigenvalue weighted by atomic mass is 32.2. The van der Waals surface area contributed by atoms with Crippen molar-refractivity contribution in [1.82, 2.24) is 4.90 Å². The first-order valence-corrected chi connectivity index (χ1v) is 7.73. The van der Waals surface area contributed by atoms with Crippen molar-refractivity contribution in [2.45, 2.75) is 0 Å². The van der Waals surface area contributed by atoms with Crippen molar-refractivity contribution >= 4 is 16.7 Å². The van der Waals surface area contributed by atoms with E-state index in [0.717, 1.165) is 0 Å². The van der Waals surface area contributed by atoms with Crippen molar-refractivity contribution in [2.75, 3.05) is 31.1 Å². The lowest BCUT2D eigenvalue weighted by Gasteiger charge is -2.26. The molecule has 0 unspecified atom stereocenters. The van der Waals surface area contributed by atoms with E-state index < -0.39 is 16.6 Å². The smallest absolute Gasteiger partial charge is 0.254 e. The van der Waals surface area contributed by atoms with Gasteiger partial charge in [-0.05, 0) is 18.2 Å². The molecule has 1 heterocycles. The maximum atomic E-state index is 13.8. The van der Waals surface area contributed by atoms with E-state index in [9.17, 15) is 13.4 Å². The molecule has 0 aliphatic carbocycles. The van der Waals surface area contributed by atoms with Crippen molar-refractivity contribution in [3.63, 3.8) is 0 Å². The third kappa shape index (κ3) is 3.44. The molecule has 0 bridgehead atoms. The second kappa shape index (κ2) is 6.64. The summed E-state index contributed by atoms with van der Waals surface area (Å²) in [5.41, 5.74) is 5.75. The van der Waals surface area contributed by atoms with Crippen LogP contribution >= 0.6 is 0 Å². The molecule has 2 rings (SSSR count). The van der Waals surface area contributed by atoms with Crippen LogP contribution in [0.25, 0.3) is 0 Å². The molecule has 0 radical (unpaired) electrons. The van der Waals surface area contributed by atoms with Crippen LogP contribution in [0.3, 0.4) is 0 Å². The molecule has 1 aliphatic rings. The van der Waals surface area contributed by atoms with Gasteiger partial charge >= 0.3 is 0 Å². The highest BCUT2D eigenvalue weighted by Gasteiger charge is 2.21. The zero-order valence-electron chi connectivity index (χ0n) is 10.9. The zero-order chi connectivity index (χ0) is 14.5. The Bertz CT molecular complexity index is 597. The Hall–Kier alpha value is -1.71. The van der Waals surface area contributed by atoms with E-state index >= 15 is 0 Å². The van der Waals surface area contributed by atoms with Gasteiger partial charge in [0.15, 0.2) is 0 Å². The minimum Gasteiger partial charge on any atom is -0.337 e. The summed E-state index contributed by atoms with van der Waals surface area (Å²) >= 11 is 0. The fourth-order valence-electron chi connectivity index (χ4n) is 1.92. The van der Waals surface area contributed by atoms with E-state index in [0.29, 0.717) is 24.6 Å². The molecule has 1 amide bonds. The van der Waals surface area contributed by atoms with E-state index in [-0.39, 0.29) is 23.6 Å². The zero-order valence-corrected chi connectivity index (χ0v) is 11.7. The Morgan fingerprint density at radius 2 is 2.10 bits per heavy atom. The first-order valence-electron chi connectivity index (χ1n) is 6.24. The Morgan fingerprint density at radius 3 is 2.70 bits per heavy atom. The molecule has 0 aromatic heterocycles. The highest BCUT2D eigenvalue weighted by molar-refractivity contribution is 7.85. The molecule has 4 nitrogen and oxygen atoms in total. The highest BCUT2D eigenvalue weighted by Crippen LogP contribution is 2.13. The standard InChI is InChI=1S/C14H15FN2O2S/c15-13-10-12(4-3-11(13)2-1-5-16)14(18)17-6-8-20(19)9-7-17/h3-4,10H,5-9,16H2. The van der Waals surface area contributed by atoms with E-state index in [2.05, 4.69) is 11.8 Å². The molecular weight excluding hydrogens is 279 g/mol. The predicted octanol–water partition coefficient (Wildman–Crippen LogP) is 0.340. The van der Waals surface area contributed by atoms with Crippen molar-refractivity contribution in [3.05, 3.63) is 35.1 Å². The summed E-state index contributed by atoms with van der Waals surface area (Å²) in [4.78, 5) is 13.8. The van der Waals surface area contributed by atoms with Crippen molar-refractivity contribution < 1.29 is 13.4 Å². The minimum absolute atomic E-state index is 0.158. The summed E-state index contributed by atoms with van der Waals surface area (Å²) in [5.74, 6) is 5.37. The summed E-state index contributed by atoms with van der Waals surface area (Å²) in [6.45, 7) is 1.05. The number of nitrogens with two attached hydrogens (primary N) is 1. The number of nitrogens with zero attached hydrogens (tertiary/aromatic N) is 1. The number of rotatable bonds is 1. The molecular formula is C14H15FN2O2S. The second-order valence-electron chi connectivity index (χ2n) is 4.34. The second-order valence-corrected chi connectivity index (χ2v) is 6.04. The average Bonchev–Trinajstić information content (AvgIpc) is 2.46. The van der Waals surface area contributed by atoms with Crippen LogP contribution in [0.5, 0.6) is 0 Å². The van der Waals surface area contributed by atoms with Gasteiger partial charge in [0.25, 0.3) is 5.91 Å². The fraction of sp³-hybridized carbons (Fsp3) is 0.357. The van der Waals surface area contributed by atoms with Crippen LogP contribution in [0.15, 0.2) is 18.2 Å². The largest absolute Gasteiger partial charge is 0.337 e. The summed E-state index contributed by atoms with van der Waals surface area (Å²) in [6.07, 6.45) is 0. The predicted molar refractivity (Wildman–Crippen MR) is 76.1 cm³/mol. The van der Waals surface area contributed by atoms with Gasteiger partial charge < -0.3 is 10.6 Å². The Labute approximate surface area is 119 Å². The summed E-state index contributed by atoms with van der Waals surface area (Å²) < 4.78 is 25.1. The van der Waals surface area contributed by atoms with Crippen LogP contribution < -0.4 is 5.73 Å². The van der Waals surface area contributed by atoms with Crippen LogP contribution in [-0.4, -0.2) is 46.2 Å². The number of carbonyl (C=O) groups excluding carboxylic acids is 1. The molecule has 20 heavy (non-hydrogen) atoms. The average molecular weight is 294 g/mol. The van der Waals surface area contributed by atoms with Crippen LogP contribution in [0.2, 0.25) is 0 Å². The van der Waals surface area contributed by atoms with E-state index in [1.807, 2.05) is 0 Å². The maximum absolute atomic E-state index is 13.8. The lowest BCUT2D eigenvalue weighted by molar-refractivity contribution is 0.0771. The van der Waals surface area contributed by atoms with E-state index in [4.69, 9.17) is 5.73 Å². The third-order valence-corrected chi connectivity index (χ3v) is 4.28. The number of carbonyl (C=O) groups is 1. The van der Waals surface area contributed by atoms with Gasteiger partial charge in [0.1, 0.15) is 5.82 Å². The topological polar surface area (TPSA) is 63.4 Å². The number of hydrogen-bond donors (Lipinski definition) is 1. The van der Waals surface area contributed by atoms with Crippen LogP contribution in [0.1, 0.15) is 15.9 Å². The molecule has 0 atom stereocenters. The van der Waals surface area contributed by atoms with Crippen LogP contribution in [-0.2, 0) is 10.8 Å². The van der Waals surface area contributed by atoms with E-state index in [1.165, 1.54) is 12.1 Å². The number of halogens is 1. The van der Waals surface area contributed by atoms with Crippen molar-refractivity contribution in [3.8, 4) is 11.8 Å². The first kappa shape index (κ1) is 14.7.